The number of nitrogens with zero attached hydrogens (tertiary/aromatic N) is 2. The van der Waals surface area contributed by atoms with Gasteiger partial charge in [0.05, 0.1) is 4.90 Å². The van der Waals surface area contributed by atoms with Gasteiger partial charge < -0.3 is 14.6 Å². The minimum absolute atomic E-state index is 0.0330. The highest BCUT2D eigenvalue weighted by molar-refractivity contribution is 7.82. The van der Waals surface area contributed by atoms with Crippen molar-refractivity contribution >= 4 is 28.6 Å². The Bertz CT molecular complexity index is 942. The van der Waals surface area contributed by atoms with E-state index in [4.69, 9.17) is 21.4 Å². The van der Waals surface area contributed by atoms with E-state index in [2.05, 4.69) is 9.64 Å². The van der Waals surface area contributed by atoms with Gasteiger partial charge in [-0.1, -0.05) is 17.7 Å². The molecule has 1 heterocycles. The second kappa shape index (κ2) is 10.9. The molecule has 7 nitrogen and oxygen atoms in total. The third kappa shape index (κ3) is 6.86. The minimum Gasteiger partial charge on any atom is -0.482 e. The van der Waals surface area contributed by atoms with Crippen molar-refractivity contribution < 1.29 is 32.4 Å². The molecule has 1 aliphatic rings. The van der Waals surface area contributed by atoms with Crippen LogP contribution in [0, 0.1) is 0 Å². The number of ether oxygens (including phenoxy) is 2. The zero-order valence-electron chi connectivity index (χ0n) is 16.4. The number of carboxylic acid groups (broad SMARTS) is 1. The zero-order chi connectivity index (χ0) is 22.4. The Morgan fingerprint density at radius 2 is 1.90 bits per heavy atom. The van der Waals surface area contributed by atoms with Gasteiger partial charge in [0.15, 0.2) is 6.61 Å². The molecule has 2 aromatic rings. The van der Waals surface area contributed by atoms with E-state index in [0.717, 1.165) is 5.56 Å². The molecule has 1 fully saturated rings. The molecule has 0 amide bonds. The summed E-state index contributed by atoms with van der Waals surface area (Å²) < 4.78 is 49.1. The Hall–Kier alpha value is -2.27. The van der Waals surface area contributed by atoms with Crippen LogP contribution in [0.1, 0.15) is 5.56 Å². The van der Waals surface area contributed by atoms with Crippen LogP contribution in [0.4, 0.5) is 8.78 Å². The van der Waals surface area contributed by atoms with Crippen molar-refractivity contribution in [3.05, 3.63) is 53.1 Å². The first kappa shape index (κ1) is 23.4. The number of hydrogen-bond acceptors (Lipinski definition) is 5. The lowest BCUT2D eigenvalue weighted by Crippen LogP contribution is -2.46. The lowest BCUT2D eigenvalue weighted by molar-refractivity contribution is -0.139. The van der Waals surface area contributed by atoms with Gasteiger partial charge in [-0.2, -0.15) is 8.78 Å². The number of hydrogen-bond donors (Lipinski definition) is 1. The highest BCUT2D eigenvalue weighted by atomic mass is 35.5. The van der Waals surface area contributed by atoms with E-state index >= 15 is 0 Å². The van der Waals surface area contributed by atoms with Crippen LogP contribution >= 0.6 is 11.6 Å². The maximum Gasteiger partial charge on any atom is 0.387 e. The number of halogens is 3. The molecule has 31 heavy (non-hydrogen) atoms. The third-order valence-corrected chi connectivity index (χ3v) is 6.29. The molecule has 2 aromatic carbocycles. The first-order valence-corrected chi connectivity index (χ1v) is 10.9. The molecule has 0 spiro atoms. The molecule has 0 radical (unpaired) electrons. The zero-order valence-corrected chi connectivity index (χ0v) is 18.0. The van der Waals surface area contributed by atoms with Gasteiger partial charge in [0, 0.05) is 43.3 Å². The molecular formula is C20H21ClF2N2O5S. The maximum atomic E-state index is 12.8. The summed E-state index contributed by atoms with van der Waals surface area (Å²) in [7, 11) is -1.50. The fraction of sp³-hybridized carbons (Fsp3) is 0.350. The second-order valence-electron chi connectivity index (χ2n) is 6.74. The minimum atomic E-state index is -2.94. The summed E-state index contributed by atoms with van der Waals surface area (Å²) in [4.78, 5) is 13.3. The van der Waals surface area contributed by atoms with E-state index in [1.54, 1.807) is 28.6 Å². The van der Waals surface area contributed by atoms with Crippen molar-refractivity contribution in [2.75, 3.05) is 32.8 Å². The SMILES string of the molecule is O=C(O)COc1ccc(Cl)cc1CN1CCN(S(=O)c2cccc(OC(F)F)c2)CC1. The Kier molecular flexibility index (Phi) is 8.19. The van der Waals surface area contributed by atoms with Gasteiger partial charge in [0.2, 0.25) is 0 Å². The molecule has 11 heteroatoms. The van der Waals surface area contributed by atoms with Crippen LogP contribution in [0.2, 0.25) is 5.02 Å². The molecule has 0 aliphatic carbocycles. The number of piperazine rings is 1. The van der Waals surface area contributed by atoms with Gasteiger partial charge in [0.25, 0.3) is 0 Å². The summed E-state index contributed by atoms with van der Waals surface area (Å²) in [5.41, 5.74) is 0.764. The molecule has 1 saturated heterocycles. The van der Waals surface area contributed by atoms with Gasteiger partial charge in [-0.3, -0.25) is 4.90 Å². The summed E-state index contributed by atoms with van der Waals surface area (Å²) in [6.45, 7) is -0.698. The van der Waals surface area contributed by atoms with Crippen molar-refractivity contribution in [1.29, 1.82) is 0 Å². The fourth-order valence-electron chi connectivity index (χ4n) is 3.15. The van der Waals surface area contributed by atoms with Crippen molar-refractivity contribution in [1.82, 2.24) is 9.21 Å². The number of alkyl halides is 2. The maximum absolute atomic E-state index is 12.8. The van der Waals surface area contributed by atoms with Crippen LogP contribution in [-0.2, 0) is 22.3 Å². The molecule has 168 valence electrons. The predicted molar refractivity (Wildman–Crippen MR) is 111 cm³/mol. The smallest absolute Gasteiger partial charge is 0.387 e. The molecular weight excluding hydrogens is 454 g/mol. The summed E-state index contributed by atoms with van der Waals surface area (Å²) in [6.07, 6.45) is 0. The van der Waals surface area contributed by atoms with E-state index in [9.17, 15) is 17.8 Å². The van der Waals surface area contributed by atoms with E-state index in [0.29, 0.717) is 48.4 Å². The van der Waals surface area contributed by atoms with Crippen LogP contribution in [0.5, 0.6) is 11.5 Å². The summed E-state index contributed by atoms with van der Waals surface area (Å²) in [5, 5.41) is 9.35. The number of rotatable bonds is 9. The van der Waals surface area contributed by atoms with Crippen LogP contribution in [0.15, 0.2) is 47.4 Å². The van der Waals surface area contributed by atoms with Crippen LogP contribution in [0.3, 0.4) is 0 Å². The Labute approximate surface area is 185 Å². The van der Waals surface area contributed by atoms with E-state index in [-0.39, 0.29) is 5.75 Å². The first-order valence-electron chi connectivity index (χ1n) is 9.39. The predicted octanol–water partition coefficient (Wildman–Crippen LogP) is 3.25. The van der Waals surface area contributed by atoms with Crippen LogP contribution in [-0.4, -0.2) is 63.9 Å². The quantitative estimate of drug-likeness (QED) is 0.601. The molecule has 1 aliphatic heterocycles. The third-order valence-electron chi connectivity index (χ3n) is 4.57. The largest absolute Gasteiger partial charge is 0.482 e. The number of benzene rings is 2. The normalized spacial score (nSPS) is 16.3. The lowest BCUT2D eigenvalue weighted by atomic mass is 10.1. The van der Waals surface area contributed by atoms with E-state index < -0.39 is 30.2 Å². The number of carboxylic acids is 1. The van der Waals surface area contributed by atoms with Gasteiger partial charge >= 0.3 is 12.6 Å². The van der Waals surface area contributed by atoms with Gasteiger partial charge in [-0.15, -0.1) is 0 Å². The highest BCUT2D eigenvalue weighted by Crippen LogP contribution is 2.26. The number of aliphatic carboxylic acids is 1. The molecule has 0 aromatic heterocycles. The molecule has 1 atom stereocenters. The van der Waals surface area contributed by atoms with Crippen molar-refractivity contribution in [2.24, 2.45) is 0 Å². The van der Waals surface area contributed by atoms with Crippen molar-refractivity contribution in [3.8, 4) is 11.5 Å². The van der Waals surface area contributed by atoms with E-state index in [1.807, 2.05) is 0 Å². The fourth-order valence-corrected chi connectivity index (χ4v) is 4.55. The molecule has 1 unspecified atom stereocenters. The van der Waals surface area contributed by atoms with Crippen LogP contribution in [0.25, 0.3) is 0 Å². The van der Waals surface area contributed by atoms with Gasteiger partial charge in [0.1, 0.15) is 22.5 Å². The number of carbonyl (C=O) groups is 1. The second-order valence-corrected chi connectivity index (χ2v) is 8.66. The molecule has 3 rings (SSSR count). The lowest BCUT2D eigenvalue weighted by Gasteiger charge is -2.34. The average Bonchev–Trinajstić information content (AvgIpc) is 2.73. The monoisotopic (exact) mass is 474 g/mol. The Morgan fingerprint density at radius 3 is 2.58 bits per heavy atom. The molecule has 0 bridgehead atoms. The Balaban J connectivity index is 1.59. The average molecular weight is 475 g/mol. The highest BCUT2D eigenvalue weighted by Gasteiger charge is 2.23. The van der Waals surface area contributed by atoms with Gasteiger partial charge in [-0.25, -0.2) is 13.3 Å². The molecule has 1 N–H and O–H groups in total. The summed E-state index contributed by atoms with van der Waals surface area (Å²) in [6, 6.07) is 10.9. The van der Waals surface area contributed by atoms with Gasteiger partial charge in [-0.05, 0) is 36.4 Å². The molecule has 0 saturated carbocycles. The van der Waals surface area contributed by atoms with Crippen LogP contribution < -0.4 is 9.47 Å². The first-order chi connectivity index (χ1) is 14.8. The Morgan fingerprint density at radius 1 is 1.16 bits per heavy atom. The summed E-state index contributed by atoms with van der Waals surface area (Å²) >= 11 is 6.08. The summed E-state index contributed by atoms with van der Waals surface area (Å²) in [5.74, 6) is -0.650. The topological polar surface area (TPSA) is 79.3 Å². The van der Waals surface area contributed by atoms with E-state index in [1.165, 1.54) is 18.2 Å². The van der Waals surface area contributed by atoms with Crippen molar-refractivity contribution in [3.63, 3.8) is 0 Å². The standard InChI is InChI=1S/C20H21ClF2N2O5S/c21-15-4-5-18(29-13-19(26)27)14(10-15)12-24-6-8-25(9-7-24)31(28)17-3-1-2-16(11-17)30-20(22)23/h1-5,10-11,20H,6-9,12-13H2,(H,26,27). The van der Waals surface area contributed by atoms with Crippen molar-refractivity contribution in [2.45, 2.75) is 18.1 Å².